The van der Waals surface area contributed by atoms with Gasteiger partial charge in [0.2, 0.25) is 12.8 Å². The highest BCUT2D eigenvalue weighted by Gasteiger charge is 2.42. The van der Waals surface area contributed by atoms with Gasteiger partial charge >= 0.3 is 0 Å². The van der Waals surface area contributed by atoms with Crippen molar-refractivity contribution in [1.82, 2.24) is 14.7 Å². The quantitative estimate of drug-likeness (QED) is 0.0938. The molecule has 3 aromatic carbocycles. The van der Waals surface area contributed by atoms with E-state index in [9.17, 15) is 19.7 Å². The van der Waals surface area contributed by atoms with Crippen LogP contribution in [-0.4, -0.2) is 104 Å². The summed E-state index contributed by atoms with van der Waals surface area (Å²) in [5.74, 6) is -0.525. The van der Waals surface area contributed by atoms with Gasteiger partial charge < -0.3 is 24.2 Å². The van der Waals surface area contributed by atoms with Gasteiger partial charge in [-0.2, -0.15) is 0 Å². The first-order chi connectivity index (χ1) is 24.9. The number of ether oxygens (including phenoxy) is 2. The standard InChI is InChI=1S/C40H49N5O6/c1-4-35-38(44(30-47)26-27-50-2)37(31-16-18-34(19-17-31)45(48)49)39(36(41-35)28-51-3)43(29-46)23-11-22-42-24-20-40(21-25-42,32-12-7-5-8-13-32)33-14-9-6-10-15-33/h5-10,12-19,29-30,37-38H,4,11,20-28H2,1-3H3. The van der Waals surface area contributed by atoms with E-state index in [1.807, 2.05) is 6.92 Å². The predicted molar refractivity (Wildman–Crippen MR) is 198 cm³/mol. The van der Waals surface area contributed by atoms with Gasteiger partial charge in [-0.15, -0.1) is 0 Å². The molecule has 1 saturated heterocycles. The Morgan fingerprint density at radius 1 is 0.902 bits per heavy atom. The number of nitrogens with zero attached hydrogens (tertiary/aromatic N) is 5. The number of carbonyl (C=O) groups excluding carboxylic acids is 2. The van der Waals surface area contributed by atoms with Crippen molar-refractivity contribution in [2.24, 2.45) is 4.99 Å². The highest BCUT2D eigenvalue weighted by atomic mass is 16.6. The Morgan fingerprint density at radius 3 is 2.04 bits per heavy atom. The fraction of sp³-hybridized carbons (Fsp3) is 0.425. The predicted octanol–water partition coefficient (Wildman–Crippen LogP) is 5.81. The van der Waals surface area contributed by atoms with E-state index in [-0.39, 0.29) is 17.7 Å². The van der Waals surface area contributed by atoms with Crippen molar-refractivity contribution in [3.8, 4) is 0 Å². The van der Waals surface area contributed by atoms with Gasteiger partial charge in [-0.3, -0.25) is 24.7 Å². The molecule has 11 nitrogen and oxygen atoms in total. The topological polar surface area (TPSA) is 118 Å². The summed E-state index contributed by atoms with van der Waals surface area (Å²) in [7, 11) is 3.16. The van der Waals surface area contributed by atoms with Crippen molar-refractivity contribution < 1.29 is 24.0 Å². The van der Waals surface area contributed by atoms with Crippen LogP contribution < -0.4 is 0 Å². The highest BCUT2D eigenvalue weighted by molar-refractivity contribution is 5.94. The zero-order valence-electron chi connectivity index (χ0n) is 29.9. The van der Waals surface area contributed by atoms with Gasteiger partial charge in [0, 0.05) is 50.6 Å². The number of hydrogen-bond acceptors (Lipinski definition) is 8. The summed E-state index contributed by atoms with van der Waals surface area (Å²) >= 11 is 0. The van der Waals surface area contributed by atoms with E-state index in [1.54, 1.807) is 36.2 Å². The third-order valence-corrected chi connectivity index (χ3v) is 10.4. The molecule has 3 aromatic rings. The van der Waals surface area contributed by atoms with Crippen LogP contribution in [0.5, 0.6) is 0 Å². The number of non-ortho nitro benzene ring substituents is 1. The Labute approximate surface area is 300 Å². The number of aliphatic imine (C=N–C) groups is 1. The molecule has 0 bridgehead atoms. The molecule has 0 aliphatic carbocycles. The Bertz CT molecular complexity index is 1610. The molecule has 51 heavy (non-hydrogen) atoms. The van der Waals surface area contributed by atoms with Crippen LogP contribution in [0.3, 0.4) is 0 Å². The van der Waals surface area contributed by atoms with Crippen molar-refractivity contribution in [2.75, 3.05) is 60.2 Å². The fourth-order valence-electron chi connectivity index (χ4n) is 7.79. The summed E-state index contributed by atoms with van der Waals surface area (Å²) in [6.07, 6.45) is 4.87. The number of methoxy groups -OCH3 is 2. The Hall–Kier alpha value is -4.71. The van der Waals surface area contributed by atoms with E-state index < -0.39 is 16.9 Å². The van der Waals surface area contributed by atoms with Crippen LogP contribution in [0.4, 0.5) is 5.69 Å². The summed E-state index contributed by atoms with van der Waals surface area (Å²) in [5.41, 5.74) is 5.33. The average molecular weight is 696 g/mol. The van der Waals surface area contributed by atoms with Crippen LogP contribution in [0.2, 0.25) is 0 Å². The number of benzene rings is 3. The lowest BCUT2D eigenvalue weighted by Crippen LogP contribution is -2.50. The molecule has 2 aliphatic rings. The number of rotatable bonds is 18. The van der Waals surface area contributed by atoms with E-state index in [2.05, 4.69) is 65.6 Å². The Kier molecular flexibility index (Phi) is 13.2. The maximum Gasteiger partial charge on any atom is 0.269 e. The molecule has 2 heterocycles. The highest BCUT2D eigenvalue weighted by Crippen LogP contribution is 2.42. The molecule has 0 N–H and O–H groups in total. The van der Waals surface area contributed by atoms with E-state index in [0.717, 1.165) is 63.0 Å². The van der Waals surface area contributed by atoms with Crippen molar-refractivity contribution in [3.63, 3.8) is 0 Å². The van der Waals surface area contributed by atoms with Gasteiger partial charge in [-0.05, 0) is 62.0 Å². The van der Waals surface area contributed by atoms with Crippen LogP contribution in [0, 0.1) is 10.1 Å². The minimum absolute atomic E-state index is 0.0397. The maximum atomic E-state index is 13.0. The lowest BCUT2D eigenvalue weighted by Gasteiger charge is -2.43. The molecule has 11 heteroatoms. The molecule has 0 aromatic heterocycles. The van der Waals surface area contributed by atoms with Gasteiger partial charge in [0.25, 0.3) is 5.69 Å². The smallest absolute Gasteiger partial charge is 0.269 e. The number of amides is 2. The van der Waals surface area contributed by atoms with Crippen LogP contribution in [0.25, 0.3) is 0 Å². The molecule has 2 unspecified atom stereocenters. The first-order valence-corrected chi connectivity index (χ1v) is 17.7. The number of piperidine rings is 1. The molecular weight excluding hydrogens is 646 g/mol. The first-order valence-electron chi connectivity index (χ1n) is 17.7. The van der Waals surface area contributed by atoms with E-state index >= 15 is 0 Å². The second-order valence-electron chi connectivity index (χ2n) is 13.1. The molecule has 270 valence electrons. The molecule has 2 amide bonds. The van der Waals surface area contributed by atoms with E-state index in [1.165, 1.54) is 23.3 Å². The normalized spacial score (nSPS) is 18.9. The summed E-state index contributed by atoms with van der Waals surface area (Å²) in [4.78, 5) is 47.6. The SMILES string of the molecule is CCC1=NC(COC)=C(N(C=O)CCCN2CCC(c3ccccc3)(c3ccccc3)CC2)C(c2ccc([N+](=O)[O-])cc2)C1N(C=O)CCOC. The van der Waals surface area contributed by atoms with Crippen molar-refractivity contribution >= 4 is 24.2 Å². The maximum absolute atomic E-state index is 13.0. The summed E-state index contributed by atoms with van der Waals surface area (Å²) in [6, 6.07) is 27.4. The minimum atomic E-state index is -0.534. The molecular formula is C40H49N5O6. The van der Waals surface area contributed by atoms with Crippen LogP contribution in [-0.2, 0) is 24.5 Å². The van der Waals surface area contributed by atoms with E-state index in [0.29, 0.717) is 37.5 Å². The largest absolute Gasteiger partial charge is 0.383 e. The van der Waals surface area contributed by atoms with Crippen LogP contribution >= 0.6 is 0 Å². The Balaban J connectivity index is 1.41. The molecule has 0 saturated carbocycles. The molecule has 0 spiro atoms. The monoisotopic (exact) mass is 695 g/mol. The second kappa shape index (κ2) is 18.0. The molecule has 2 atom stereocenters. The zero-order valence-corrected chi connectivity index (χ0v) is 29.9. The van der Waals surface area contributed by atoms with Crippen molar-refractivity contribution in [2.45, 2.75) is 50.0 Å². The molecule has 1 fully saturated rings. The van der Waals surface area contributed by atoms with Crippen LogP contribution in [0.1, 0.15) is 55.2 Å². The lowest BCUT2D eigenvalue weighted by atomic mass is 9.68. The van der Waals surface area contributed by atoms with E-state index in [4.69, 9.17) is 14.5 Å². The average Bonchev–Trinajstić information content (AvgIpc) is 3.18. The number of likely N-dealkylation sites (tertiary alicyclic amines) is 1. The molecule has 2 aliphatic heterocycles. The summed E-state index contributed by atoms with van der Waals surface area (Å²) < 4.78 is 10.9. The lowest BCUT2D eigenvalue weighted by molar-refractivity contribution is -0.384. The minimum Gasteiger partial charge on any atom is -0.383 e. The number of carbonyl (C=O) groups is 2. The van der Waals surface area contributed by atoms with Gasteiger partial charge in [-0.1, -0.05) is 79.7 Å². The molecule has 5 rings (SSSR count). The summed E-state index contributed by atoms with van der Waals surface area (Å²) in [5, 5.41) is 11.5. The third-order valence-electron chi connectivity index (χ3n) is 10.4. The van der Waals surface area contributed by atoms with Crippen molar-refractivity contribution in [1.29, 1.82) is 0 Å². The fourth-order valence-corrected chi connectivity index (χ4v) is 7.79. The van der Waals surface area contributed by atoms with Gasteiger partial charge in [0.1, 0.15) is 0 Å². The van der Waals surface area contributed by atoms with Gasteiger partial charge in [0.15, 0.2) is 0 Å². The summed E-state index contributed by atoms with van der Waals surface area (Å²) in [6.45, 7) is 5.84. The number of nitro benzene ring substituents is 1. The van der Waals surface area contributed by atoms with Crippen LogP contribution in [0.15, 0.2) is 101 Å². The zero-order chi connectivity index (χ0) is 36.2. The Morgan fingerprint density at radius 2 is 1.53 bits per heavy atom. The van der Waals surface area contributed by atoms with Crippen molar-refractivity contribution in [3.05, 3.63) is 123 Å². The third kappa shape index (κ3) is 8.44. The second-order valence-corrected chi connectivity index (χ2v) is 13.1. The number of nitro groups is 1. The number of hydrogen-bond donors (Lipinski definition) is 0. The molecule has 0 radical (unpaired) electrons. The first kappa shape index (κ1) is 37.5. The van der Waals surface area contributed by atoms with Gasteiger partial charge in [0.05, 0.1) is 41.5 Å². The van der Waals surface area contributed by atoms with Gasteiger partial charge in [-0.25, -0.2) is 0 Å².